The molecule has 0 aliphatic rings. The lowest BCUT2D eigenvalue weighted by Gasteiger charge is -2.36. The van der Waals surface area contributed by atoms with Crippen LogP contribution in [0.4, 0.5) is 4.79 Å². The third-order valence-corrected chi connectivity index (χ3v) is 6.33. The molecule has 2 N–H and O–H groups in total. The van der Waals surface area contributed by atoms with Gasteiger partial charge >= 0.3 is 12.1 Å². The third-order valence-electron chi connectivity index (χ3n) is 6.33. The zero-order valence-electron chi connectivity index (χ0n) is 25.3. The molecule has 0 aromatic heterocycles. The molecule has 0 aliphatic heterocycles. The van der Waals surface area contributed by atoms with Crippen molar-refractivity contribution in [3.05, 3.63) is 34.9 Å². The van der Waals surface area contributed by atoms with E-state index in [1.807, 2.05) is 45.9 Å². The number of alkyl carbamates (subject to hydrolysis) is 1. The quantitative estimate of drug-likeness (QED) is 0.251. The van der Waals surface area contributed by atoms with E-state index in [2.05, 4.69) is 17.6 Å². The van der Waals surface area contributed by atoms with E-state index >= 15 is 0 Å². The van der Waals surface area contributed by atoms with Gasteiger partial charge in [-0.05, 0) is 70.6 Å². The van der Waals surface area contributed by atoms with Gasteiger partial charge in [-0.1, -0.05) is 51.8 Å². The van der Waals surface area contributed by atoms with Crippen LogP contribution < -0.4 is 10.6 Å². The van der Waals surface area contributed by atoms with Crippen molar-refractivity contribution in [2.24, 2.45) is 5.92 Å². The number of aryl methyl sites for hydroxylation is 1. The fourth-order valence-electron chi connectivity index (χ4n) is 4.16. The summed E-state index contributed by atoms with van der Waals surface area (Å²) in [7, 11) is 0. The average Bonchev–Trinajstić information content (AvgIpc) is 2.83. The van der Waals surface area contributed by atoms with E-state index in [1.54, 1.807) is 32.6 Å². The van der Waals surface area contributed by atoms with Crippen molar-refractivity contribution in [2.45, 2.75) is 106 Å². The summed E-state index contributed by atoms with van der Waals surface area (Å²) >= 11 is 0. The number of nitrogens with zero attached hydrogens (tertiary/aromatic N) is 1. The number of ether oxygens (including phenoxy) is 2. The highest BCUT2D eigenvalue weighted by Gasteiger charge is 2.38. The SMILES string of the molecule is CCCCCN(C(=O)C(NC(=O)OC(C)(C)C)C(C)C)C(C(=O)NCCC(=O)OCC)c1cccc(C)c1C. The van der Waals surface area contributed by atoms with Gasteiger partial charge in [-0.2, -0.15) is 0 Å². The van der Waals surface area contributed by atoms with Gasteiger partial charge in [0.15, 0.2) is 0 Å². The Labute approximate surface area is 234 Å². The first-order chi connectivity index (χ1) is 18.2. The molecule has 1 rings (SSSR count). The van der Waals surface area contributed by atoms with Crippen molar-refractivity contribution >= 4 is 23.9 Å². The molecule has 0 radical (unpaired) electrons. The van der Waals surface area contributed by atoms with E-state index in [0.29, 0.717) is 18.5 Å². The van der Waals surface area contributed by atoms with Crippen LogP contribution in [0.15, 0.2) is 18.2 Å². The Morgan fingerprint density at radius 2 is 1.69 bits per heavy atom. The van der Waals surface area contributed by atoms with Crippen LogP contribution in [0.1, 0.15) is 96.9 Å². The molecule has 2 unspecified atom stereocenters. The Morgan fingerprint density at radius 1 is 1.03 bits per heavy atom. The number of hydrogen-bond acceptors (Lipinski definition) is 6. The van der Waals surface area contributed by atoms with E-state index < -0.39 is 35.7 Å². The minimum Gasteiger partial charge on any atom is -0.466 e. The first-order valence-corrected chi connectivity index (χ1v) is 14.0. The van der Waals surface area contributed by atoms with Crippen LogP contribution >= 0.6 is 0 Å². The zero-order chi connectivity index (χ0) is 29.8. The van der Waals surface area contributed by atoms with Crippen LogP contribution in [0, 0.1) is 19.8 Å². The molecule has 1 aromatic carbocycles. The van der Waals surface area contributed by atoms with Crippen LogP contribution in [-0.4, -0.2) is 60.1 Å². The van der Waals surface area contributed by atoms with Gasteiger partial charge in [0, 0.05) is 13.1 Å². The van der Waals surface area contributed by atoms with Crippen LogP contribution in [-0.2, 0) is 23.9 Å². The second kappa shape index (κ2) is 16.1. The summed E-state index contributed by atoms with van der Waals surface area (Å²) in [5.74, 6) is -1.42. The van der Waals surface area contributed by atoms with E-state index in [-0.39, 0.29) is 31.4 Å². The van der Waals surface area contributed by atoms with Crippen molar-refractivity contribution < 1.29 is 28.7 Å². The monoisotopic (exact) mass is 547 g/mol. The van der Waals surface area contributed by atoms with E-state index in [1.165, 1.54) is 0 Å². The van der Waals surface area contributed by atoms with Gasteiger partial charge in [-0.3, -0.25) is 14.4 Å². The van der Waals surface area contributed by atoms with Gasteiger partial charge in [0.2, 0.25) is 11.8 Å². The maximum Gasteiger partial charge on any atom is 0.408 e. The van der Waals surface area contributed by atoms with Gasteiger partial charge < -0.3 is 25.0 Å². The maximum atomic E-state index is 14.2. The molecule has 0 heterocycles. The smallest absolute Gasteiger partial charge is 0.408 e. The number of amides is 3. The predicted molar refractivity (Wildman–Crippen MR) is 152 cm³/mol. The fraction of sp³-hybridized carbons (Fsp3) is 0.667. The molecule has 0 fully saturated rings. The van der Waals surface area contributed by atoms with Crippen molar-refractivity contribution in [1.82, 2.24) is 15.5 Å². The highest BCUT2D eigenvalue weighted by molar-refractivity contribution is 5.92. The topological polar surface area (TPSA) is 114 Å². The number of carbonyl (C=O) groups excluding carboxylic acids is 4. The number of nitrogens with one attached hydrogen (secondary N) is 2. The summed E-state index contributed by atoms with van der Waals surface area (Å²) in [6.45, 7) is 17.3. The number of unbranched alkanes of at least 4 members (excludes halogenated alkanes) is 2. The number of rotatable bonds is 14. The number of carbonyl (C=O) groups is 4. The van der Waals surface area contributed by atoms with Gasteiger partial charge in [-0.25, -0.2) is 4.79 Å². The van der Waals surface area contributed by atoms with E-state index in [4.69, 9.17) is 9.47 Å². The second-order valence-corrected chi connectivity index (χ2v) is 11.1. The highest BCUT2D eigenvalue weighted by Crippen LogP contribution is 2.28. The Morgan fingerprint density at radius 3 is 2.26 bits per heavy atom. The molecule has 0 saturated heterocycles. The lowest BCUT2D eigenvalue weighted by atomic mass is 9.93. The molecule has 39 heavy (non-hydrogen) atoms. The van der Waals surface area contributed by atoms with E-state index in [0.717, 1.165) is 24.0 Å². The molecule has 220 valence electrons. The molecule has 0 spiro atoms. The van der Waals surface area contributed by atoms with E-state index in [9.17, 15) is 19.2 Å². The molecular formula is C30H49N3O6. The summed E-state index contributed by atoms with van der Waals surface area (Å²) < 4.78 is 10.4. The number of benzene rings is 1. The van der Waals surface area contributed by atoms with Crippen LogP contribution in [0.3, 0.4) is 0 Å². The fourth-order valence-corrected chi connectivity index (χ4v) is 4.16. The van der Waals surface area contributed by atoms with Crippen molar-refractivity contribution in [2.75, 3.05) is 19.7 Å². The molecule has 1 aromatic rings. The zero-order valence-corrected chi connectivity index (χ0v) is 25.3. The summed E-state index contributed by atoms with van der Waals surface area (Å²) in [6, 6.07) is 3.83. The minimum atomic E-state index is -0.946. The third kappa shape index (κ3) is 11.3. The van der Waals surface area contributed by atoms with Crippen molar-refractivity contribution in [3.63, 3.8) is 0 Å². The largest absolute Gasteiger partial charge is 0.466 e. The summed E-state index contributed by atoms with van der Waals surface area (Å²) in [6.07, 6.45) is 1.84. The minimum absolute atomic E-state index is 0.0255. The lowest BCUT2D eigenvalue weighted by Crippen LogP contribution is -2.55. The maximum absolute atomic E-state index is 14.2. The Balaban J connectivity index is 3.48. The number of hydrogen-bond donors (Lipinski definition) is 2. The van der Waals surface area contributed by atoms with Crippen molar-refractivity contribution in [3.8, 4) is 0 Å². The molecule has 0 bridgehead atoms. The Hall–Kier alpha value is -3.10. The van der Waals surface area contributed by atoms with Crippen LogP contribution in [0.25, 0.3) is 0 Å². The number of esters is 1. The first kappa shape index (κ1) is 33.9. The average molecular weight is 548 g/mol. The standard InChI is InChI=1S/C30H49N3O6/c1-10-12-13-19-33(28(36)25(20(3)4)32-29(37)39-30(7,8)9)26(23-16-14-15-21(5)22(23)6)27(35)31-18-17-24(34)38-11-2/h14-16,20,25-26H,10-13,17-19H2,1-9H3,(H,31,35)(H,32,37). The highest BCUT2D eigenvalue weighted by atomic mass is 16.6. The predicted octanol–water partition coefficient (Wildman–Crippen LogP) is 4.98. The summed E-state index contributed by atoms with van der Waals surface area (Å²) in [4.78, 5) is 54.0. The van der Waals surface area contributed by atoms with Gasteiger partial charge in [0.05, 0.1) is 13.0 Å². The molecular weight excluding hydrogens is 498 g/mol. The van der Waals surface area contributed by atoms with Crippen LogP contribution in [0.5, 0.6) is 0 Å². The molecule has 0 aliphatic carbocycles. The summed E-state index contributed by atoms with van der Waals surface area (Å²) in [5, 5.41) is 5.58. The summed E-state index contributed by atoms with van der Waals surface area (Å²) in [5.41, 5.74) is 1.87. The normalized spacial score (nSPS) is 12.9. The van der Waals surface area contributed by atoms with Gasteiger partial charge in [0.1, 0.15) is 17.7 Å². The van der Waals surface area contributed by atoms with Crippen molar-refractivity contribution in [1.29, 1.82) is 0 Å². The van der Waals surface area contributed by atoms with Gasteiger partial charge in [0.25, 0.3) is 0 Å². The molecule has 9 heteroatoms. The van der Waals surface area contributed by atoms with Gasteiger partial charge in [-0.15, -0.1) is 0 Å². The second-order valence-electron chi connectivity index (χ2n) is 11.1. The Bertz CT molecular complexity index is 970. The lowest BCUT2D eigenvalue weighted by molar-refractivity contribution is -0.145. The van der Waals surface area contributed by atoms with Crippen LogP contribution in [0.2, 0.25) is 0 Å². The Kier molecular flexibility index (Phi) is 14.0. The first-order valence-electron chi connectivity index (χ1n) is 14.0. The molecule has 9 nitrogen and oxygen atoms in total. The molecule has 3 amide bonds. The molecule has 2 atom stereocenters. The molecule has 0 saturated carbocycles.